The van der Waals surface area contributed by atoms with E-state index in [4.69, 9.17) is 5.11 Å². The molecule has 2 N–H and O–H groups in total. The normalized spacial score (nSPS) is 16.9. The molecule has 1 fully saturated rings. The van der Waals surface area contributed by atoms with Crippen LogP contribution in [0, 0.1) is 0 Å². The summed E-state index contributed by atoms with van der Waals surface area (Å²) in [5.74, 6) is -0.481. The Balaban J connectivity index is 2.36. The van der Waals surface area contributed by atoms with E-state index in [0.717, 1.165) is 17.5 Å². The van der Waals surface area contributed by atoms with Crippen LogP contribution in [0.15, 0.2) is 4.47 Å². The van der Waals surface area contributed by atoms with Crippen LogP contribution in [0.25, 0.3) is 0 Å². The molecule has 1 unspecified atom stereocenters. The van der Waals surface area contributed by atoms with Gasteiger partial charge < -0.3 is 10.4 Å². The third kappa shape index (κ3) is 3.39. The van der Waals surface area contributed by atoms with E-state index in [1.807, 2.05) is 0 Å². The lowest BCUT2D eigenvalue weighted by Crippen LogP contribution is -2.34. The molecule has 0 spiro atoms. The molecule has 2 rings (SSSR count). The van der Waals surface area contributed by atoms with Crippen molar-refractivity contribution in [2.24, 2.45) is 0 Å². The van der Waals surface area contributed by atoms with Gasteiger partial charge in [-0.2, -0.15) is 18.3 Å². The highest BCUT2D eigenvalue weighted by atomic mass is 79.9. The van der Waals surface area contributed by atoms with Crippen molar-refractivity contribution < 1.29 is 23.1 Å². The molecule has 9 heteroatoms. The van der Waals surface area contributed by atoms with Crippen molar-refractivity contribution >= 4 is 21.8 Å². The summed E-state index contributed by atoms with van der Waals surface area (Å²) in [6.07, 6.45) is -3.01. The zero-order valence-electron chi connectivity index (χ0n) is 11.2. The molecule has 0 aromatic carbocycles. The lowest BCUT2D eigenvalue weighted by molar-refractivity contribution is -0.142. The molecule has 1 heterocycles. The third-order valence-electron chi connectivity index (χ3n) is 3.28. The van der Waals surface area contributed by atoms with Crippen molar-refractivity contribution in [1.29, 1.82) is 0 Å². The van der Waals surface area contributed by atoms with Crippen molar-refractivity contribution in [3.8, 4) is 0 Å². The highest BCUT2D eigenvalue weighted by molar-refractivity contribution is 9.10. The molecular weight excluding hydrogens is 355 g/mol. The minimum atomic E-state index is -4.57. The molecule has 1 saturated carbocycles. The van der Waals surface area contributed by atoms with E-state index in [-0.39, 0.29) is 23.5 Å². The van der Waals surface area contributed by atoms with E-state index in [1.54, 1.807) is 0 Å². The van der Waals surface area contributed by atoms with Gasteiger partial charge in [0.15, 0.2) is 5.69 Å². The van der Waals surface area contributed by atoms with Crippen molar-refractivity contribution in [3.63, 3.8) is 0 Å². The summed E-state index contributed by atoms with van der Waals surface area (Å²) in [6.45, 7) is 1.30. The second-order valence-corrected chi connectivity index (χ2v) is 5.75. The maximum absolute atomic E-state index is 13.0. The number of nitrogens with zero attached hydrogens (tertiary/aromatic N) is 2. The number of halogens is 4. The SMILES string of the molecule is CC(C(=O)NCCO)n1nc(C(F)(F)F)c(Br)c1C1CC1. The van der Waals surface area contributed by atoms with Crippen LogP contribution in [0.4, 0.5) is 13.2 Å². The van der Waals surface area contributed by atoms with Crippen LogP contribution in [0.5, 0.6) is 0 Å². The van der Waals surface area contributed by atoms with Gasteiger partial charge in [0, 0.05) is 12.5 Å². The van der Waals surface area contributed by atoms with Gasteiger partial charge in [0.2, 0.25) is 5.91 Å². The van der Waals surface area contributed by atoms with Crippen LogP contribution in [-0.2, 0) is 11.0 Å². The molecule has 1 aliphatic rings. The zero-order valence-corrected chi connectivity index (χ0v) is 12.8. The van der Waals surface area contributed by atoms with E-state index in [9.17, 15) is 18.0 Å². The maximum atomic E-state index is 13.0. The topological polar surface area (TPSA) is 67.2 Å². The number of hydrogen-bond donors (Lipinski definition) is 2. The minimum Gasteiger partial charge on any atom is -0.395 e. The molecule has 1 aliphatic carbocycles. The Morgan fingerprint density at radius 1 is 1.57 bits per heavy atom. The smallest absolute Gasteiger partial charge is 0.395 e. The highest BCUT2D eigenvalue weighted by Gasteiger charge is 2.42. The molecular formula is C12H15BrF3N3O2. The fourth-order valence-electron chi connectivity index (χ4n) is 2.06. The van der Waals surface area contributed by atoms with E-state index in [2.05, 4.69) is 26.3 Å². The number of rotatable bonds is 5. The summed E-state index contributed by atoms with van der Waals surface area (Å²) in [4.78, 5) is 11.9. The summed E-state index contributed by atoms with van der Waals surface area (Å²) >= 11 is 2.97. The van der Waals surface area contributed by atoms with Crippen LogP contribution in [0.1, 0.15) is 43.1 Å². The molecule has 0 saturated heterocycles. The molecule has 1 aromatic rings. The third-order valence-corrected chi connectivity index (χ3v) is 4.06. The number of amides is 1. The van der Waals surface area contributed by atoms with Gasteiger partial charge in [0.05, 0.1) is 16.8 Å². The molecule has 0 bridgehead atoms. The number of aliphatic hydroxyl groups excluding tert-OH is 1. The van der Waals surface area contributed by atoms with Gasteiger partial charge in [0.1, 0.15) is 6.04 Å². The molecule has 1 aromatic heterocycles. The first-order valence-corrected chi connectivity index (χ1v) is 7.30. The second-order valence-electron chi connectivity index (χ2n) is 4.96. The van der Waals surface area contributed by atoms with Gasteiger partial charge in [-0.05, 0) is 35.7 Å². The summed E-state index contributed by atoms with van der Waals surface area (Å²) < 4.78 is 39.9. The van der Waals surface area contributed by atoms with Crippen LogP contribution < -0.4 is 5.32 Å². The van der Waals surface area contributed by atoms with E-state index < -0.39 is 23.8 Å². The fourth-order valence-corrected chi connectivity index (χ4v) is 2.87. The molecule has 0 radical (unpaired) electrons. The van der Waals surface area contributed by atoms with Gasteiger partial charge in [-0.1, -0.05) is 0 Å². The van der Waals surface area contributed by atoms with Gasteiger partial charge in [-0.3, -0.25) is 9.48 Å². The van der Waals surface area contributed by atoms with Crippen molar-refractivity contribution in [2.75, 3.05) is 13.2 Å². The van der Waals surface area contributed by atoms with Crippen molar-refractivity contribution in [3.05, 3.63) is 15.9 Å². The number of aromatic nitrogens is 2. The monoisotopic (exact) mass is 369 g/mol. The molecule has 5 nitrogen and oxygen atoms in total. The molecule has 21 heavy (non-hydrogen) atoms. The summed E-state index contributed by atoms with van der Waals surface area (Å²) in [5.41, 5.74) is -0.597. The van der Waals surface area contributed by atoms with Gasteiger partial charge in [-0.15, -0.1) is 0 Å². The second kappa shape index (κ2) is 5.96. The fraction of sp³-hybridized carbons (Fsp3) is 0.667. The van der Waals surface area contributed by atoms with Crippen LogP contribution >= 0.6 is 15.9 Å². The first kappa shape index (κ1) is 16.3. The molecule has 0 aliphatic heterocycles. The molecule has 1 atom stereocenters. The first-order valence-electron chi connectivity index (χ1n) is 6.51. The first-order chi connectivity index (χ1) is 9.77. The van der Waals surface area contributed by atoms with E-state index in [1.165, 1.54) is 6.92 Å². The quantitative estimate of drug-likeness (QED) is 0.835. The highest BCUT2D eigenvalue weighted by Crippen LogP contribution is 2.47. The Morgan fingerprint density at radius 2 is 2.19 bits per heavy atom. The van der Waals surface area contributed by atoms with Crippen LogP contribution in [-0.4, -0.2) is 33.9 Å². The number of carbonyl (C=O) groups excluding carboxylic acids is 1. The van der Waals surface area contributed by atoms with Gasteiger partial charge >= 0.3 is 6.18 Å². The Bertz CT molecular complexity index is 541. The number of aliphatic hydroxyl groups is 1. The lowest BCUT2D eigenvalue weighted by Gasteiger charge is -2.15. The Labute approximate surface area is 127 Å². The van der Waals surface area contributed by atoms with Crippen LogP contribution in [0.2, 0.25) is 0 Å². The average Bonchev–Trinajstić information content (AvgIpc) is 3.17. The Hall–Kier alpha value is -1.09. The van der Waals surface area contributed by atoms with Crippen LogP contribution in [0.3, 0.4) is 0 Å². The standard InChI is InChI=1S/C12H15BrF3N3O2/c1-6(11(21)17-4-5-20)19-9(7-2-3-7)8(13)10(18-19)12(14,15)16/h6-7,20H,2-5H2,1H3,(H,17,21). The summed E-state index contributed by atoms with van der Waals surface area (Å²) in [5, 5.41) is 14.7. The number of hydrogen-bond acceptors (Lipinski definition) is 3. The summed E-state index contributed by atoms with van der Waals surface area (Å²) in [6, 6.07) is -0.875. The average molecular weight is 370 g/mol. The van der Waals surface area contributed by atoms with Crippen molar-refractivity contribution in [2.45, 2.75) is 37.9 Å². The predicted molar refractivity (Wildman–Crippen MR) is 71.7 cm³/mol. The van der Waals surface area contributed by atoms with E-state index >= 15 is 0 Å². The Morgan fingerprint density at radius 3 is 2.67 bits per heavy atom. The zero-order chi connectivity index (χ0) is 15.8. The maximum Gasteiger partial charge on any atom is 0.436 e. The van der Waals surface area contributed by atoms with Gasteiger partial charge in [-0.25, -0.2) is 0 Å². The summed E-state index contributed by atoms with van der Waals surface area (Å²) in [7, 11) is 0. The Kier molecular flexibility index (Phi) is 4.62. The largest absolute Gasteiger partial charge is 0.436 e. The lowest BCUT2D eigenvalue weighted by atomic mass is 10.2. The number of alkyl halides is 3. The molecule has 1 amide bonds. The minimum absolute atomic E-state index is 0.00364. The molecule has 118 valence electrons. The van der Waals surface area contributed by atoms with Crippen molar-refractivity contribution in [1.82, 2.24) is 15.1 Å². The van der Waals surface area contributed by atoms with E-state index in [0.29, 0.717) is 5.69 Å². The number of nitrogens with one attached hydrogen (secondary N) is 1. The number of carbonyl (C=O) groups is 1. The van der Waals surface area contributed by atoms with Gasteiger partial charge in [0.25, 0.3) is 0 Å². The predicted octanol–water partition coefficient (Wildman–Crippen LogP) is 2.21.